The first-order chi connectivity index (χ1) is 11.6. The largest absolute Gasteiger partial charge is 0.356 e. The standard InChI is InChI=1S/C17H19BrClFN4/c1-21-17(24-11-12-4-7-16(19)23-10-12)22-8-2-3-13-5-6-14(18)9-15(13)20/h4-7,9-10H,2-3,8,11H2,1H3,(H2,21,22,24). The summed E-state index contributed by atoms with van der Waals surface area (Å²) in [6.45, 7) is 1.30. The number of aromatic nitrogens is 1. The fourth-order valence-electron chi connectivity index (χ4n) is 2.13. The molecule has 24 heavy (non-hydrogen) atoms. The average molecular weight is 414 g/mol. The molecule has 2 rings (SSSR count). The molecule has 2 aromatic rings. The predicted molar refractivity (Wildman–Crippen MR) is 99.9 cm³/mol. The van der Waals surface area contributed by atoms with Crippen molar-refractivity contribution in [2.75, 3.05) is 13.6 Å². The number of halogens is 3. The third kappa shape index (κ3) is 6.09. The van der Waals surface area contributed by atoms with Gasteiger partial charge in [0.1, 0.15) is 11.0 Å². The molecule has 1 aromatic heterocycles. The molecule has 128 valence electrons. The van der Waals surface area contributed by atoms with Crippen LogP contribution in [0.4, 0.5) is 4.39 Å². The zero-order valence-corrected chi connectivity index (χ0v) is 15.7. The summed E-state index contributed by atoms with van der Waals surface area (Å²) in [6, 6.07) is 8.81. The quantitative estimate of drug-likeness (QED) is 0.326. The maximum Gasteiger partial charge on any atom is 0.191 e. The van der Waals surface area contributed by atoms with E-state index >= 15 is 0 Å². The van der Waals surface area contributed by atoms with Gasteiger partial charge in [-0.15, -0.1) is 0 Å². The summed E-state index contributed by atoms with van der Waals surface area (Å²) >= 11 is 9.02. The predicted octanol–water partition coefficient (Wildman–Crippen LogP) is 3.93. The minimum atomic E-state index is -0.179. The van der Waals surface area contributed by atoms with E-state index in [0.717, 1.165) is 22.0 Å². The molecule has 0 unspecified atom stereocenters. The highest BCUT2D eigenvalue weighted by atomic mass is 79.9. The third-order valence-electron chi connectivity index (χ3n) is 3.40. The first-order valence-electron chi connectivity index (χ1n) is 7.57. The maximum absolute atomic E-state index is 13.7. The number of aliphatic imine (C=N–C) groups is 1. The Kier molecular flexibility index (Phi) is 7.46. The summed E-state index contributed by atoms with van der Waals surface area (Å²) in [6.07, 6.45) is 3.20. The van der Waals surface area contributed by atoms with Crippen LogP contribution in [0.1, 0.15) is 17.5 Å². The lowest BCUT2D eigenvalue weighted by molar-refractivity contribution is 0.602. The highest BCUT2D eigenvalue weighted by Gasteiger charge is 2.03. The van der Waals surface area contributed by atoms with Crippen LogP contribution in [0.15, 0.2) is 46.0 Å². The smallest absolute Gasteiger partial charge is 0.191 e. The molecule has 0 aliphatic carbocycles. The molecular weight excluding hydrogens is 395 g/mol. The monoisotopic (exact) mass is 412 g/mol. The van der Waals surface area contributed by atoms with Crippen LogP contribution < -0.4 is 10.6 Å². The van der Waals surface area contributed by atoms with Crippen LogP contribution in [0.2, 0.25) is 5.15 Å². The third-order valence-corrected chi connectivity index (χ3v) is 4.12. The number of aryl methyl sites for hydroxylation is 1. The van der Waals surface area contributed by atoms with Crippen molar-refractivity contribution in [3.05, 3.63) is 63.1 Å². The molecule has 0 saturated carbocycles. The van der Waals surface area contributed by atoms with Gasteiger partial charge in [0.2, 0.25) is 0 Å². The fraction of sp³-hybridized carbons (Fsp3) is 0.294. The zero-order chi connectivity index (χ0) is 17.4. The van der Waals surface area contributed by atoms with Crippen LogP contribution in [0.5, 0.6) is 0 Å². The number of guanidine groups is 1. The SMILES string of the molecule is CN=C(NCCCc1ccc(Br)cc1F)NCc1ccc(Cl)nc1. The van der Waals surface area contributed by atoms with Crippen molar-refractivity contribution >= 4 is 33.5 Å². The molecule has 0 amide bonds. The second-order valence-corrected chi connectivity index (χ2v) is 6.48. The second kappa shape index (κ2) is 9.59. The lowest BCUT2D eigenvalue weighted by Gasteiger charge is -2.12. The van der Waals surface area contributed by atoms with Gasteiger partial charge in [0.05, 0.1) is 0 Å². The number of hydrogen-bond acceptors (Lipinski definition) is 2. The van der Waals surface area contributed by atoms with E-state index in [-0.39, 0.29) is 5.82 Å². The zero-order valence-electron chi connectivity index (χ0n) is 13.3. The first-order valence-corrected chi connectivity index (χ1v) is 8.74. The van der Waals surface area contributed by atoms with Crippen molar-refractivity contribution in [2.45, 2.75) is 19.4 Å². The van der Waals surface area contributed by atoms with Crippen molar-refractivity contribution in [3.63, 3.8) is 0 Å². The summed E-state index contributed by atoms with van der Waals surface area (Å²) in [4.78, 5) is 8.19. The molecule has 1 heterocycles. The Morgan fingerprint density at radius 1 is 1.29 bits per heavy atom. The van der Waals surface area contributed by atoms with Crippen molar-refractivity contribution in [2.24, 2.45) is 4.99 Å². The first kappa shape index (κ1) is 18.7. The van der Waals surface area contributed by atoms with Crippen molar-refractivity contribution < 1.29 is 4.39 Å². The van der Waals surface area contributed by atoms with E-state index < -0.39 is 0 Å². The highest BCUT2D eigenvalue weighted by Crippen LogP contribution is 2.16. The summed E-state index contributed by atoms with van der Waals surface area (Å²) < 4.78 is 14.5. The Morgan fingerprint density at radius 2 is 2.12 bits per heavy atom. The topological polar surface area (TPSA) is 49.3 Å². The van der Waals surface area contributed by atoms with E-state index in [9.17, 15) is 4.39 Å². The van der Waals surface area contributed by atoms with Gasteiger partial charge in [-0.1, -0.05) is 39.7 Å². The van der Waals surface area contributed by atoms with Crippen LogP contribution in [0.3, 0.4) is 0 Å². The molecule has 4 nitrogen and oxygen atoms in total. The summed E-state index contributed by atoms with van der Waals surface area (Å²) in [5.74, 6) is 0.517. The fourth-order valence-corrected chi connectivity index (χ4v) is 2.57. The van der Waals surface area contributed by atoms with Gasteiger partial charge in [-0.2, -0.15) is 0 Å². The van der Waals surface area contributed by atoms with Crippen LogP contribution in [-0.2, 0) is 13.0 Å². The van der Waals surface area contributed by atoms with E-state index in [0.29, 0.717) is 30.6 Å². The highest BCUT2D eigenvalue weighted by molar-refractivity contribution is 9.10. The molecule has 0 aliphatic heterocycles. The number of benzene rings is 1. The van der Waals surface area contributed by atoms with Gasteiger partial charge in [-0.05, 0) is 42.2 Å². The molecule has 0 aliphatic rings. The molecule has 0 bridgehead atoms. The van der Waals surface area contributed by atoms with E-state index in [1.165, 1.54) is 6.07 Å². The van der Waals surface area contributed by atoms with Gasteiger partial charge in [0.25, 0.3) is 0 Å². The number of nitrogens with one attached hydrogen (secondary N) is 2. The van der Waals surface area contributed by atoms with Crippen LogP contribution in [0, 0.1) is 5.82 Å². The summed E-state index contributed by atoms with van der Waals surface area (Å²) in [7, 11) is 1.71. The van der Waals surface area contributed by atoms with Gasteiger partial charge in [-0.3, -0.25) is 4.99 Å². The minimum absolute atomic E-state index is 0.179. The second-order valence-electron chi connectivity index (χ2n) is 5.18. The molecular formula is C17H19BrClFN4. The molecule has 7 heteroatoms. The van der Waals surface area contributed by atoms with Crippen LogP contribution in [-0.4, -0.2) is 24.5 Å². The molecule has 0 saturated heterocycles. The van der Waals surface area contributed by atoms with E-state index in [2.05, 4.69) is 36.5 Å². The molecule has 0 radical (unpaired) electrons. The number of nitrogens with zero attached hydrogens (tertiary/aromatic N) is 2. The minimum Gasteiger partial charge on any atom is -0.356 e. The normalized spacial score (nSPS) is 11.4. The Morgan fingerprint density at radius 3 is 2.79 bits per heavy atom. The summed E-state index contributed by atoms with van der Waals surface area (Å²) in [5, 5.41) is 6.88. The van der Waals surface area contributed by atoms with Crippen molar-refractivity contribution in [1.29, 1.82) is 0 Å². The average Bonchev–Trinajstić information content (AvgIpc) is 2.57. The number of hydrogen-bond donors (Lipinski definition) is 2. The van der Waals surface area contributed by atoms with E-state index in [1.807, 2.05) is 12.1 Å². The Bertz CT molecular complexity index is 691. The Hall–Kier alpha value is -1.66. The van der Waals surface area contributed by atoms with E-state index in [4.69, 9.17) is 11.6 Å². The lowest BCUT2D eigenvalue weighted by Crippen LogP contribution is -2.37. The molecule has 0 fully saturated rings. The Balaban J connectivity index is 1.72. The summed E-state index contributed by atoms with van der Waals surface area (Å²) in [5.41, 5.74) is 1.73. The molecule has 0 atom stereocenters. The molecule has 1 aromatic carbocycles. The maximum atomic E-state index is 13.7. The van der Waals surface area contributed by atoms with Crippen molar-refractivity contribution in [1.82, 2.24) is 15.6 Å². The Labute approximate surface area is 154 Å². The van der Waals surface area contributed by atoms with Gasteiger partial charge in [-0.25, -0.2) is 9.37 Å². The van der Waals surface area contributed by atoms with Gasteiger partial charge in [0.15, 0.2) is 5.96 Å². The number of rotatable bonds is 6. The van der Waals surface area contributed by atoms with Gasteiger partial charge < -0.3 is 10.6 Å². The van der Waals surface area contributed by atoms with E-state index in [1.54, 1.807) is 25.4 Å². The lowest BCUT2D eigenvalue weighted by atomic mass is 10.1. The van der Waals surface area contributed by atoms with Crippen LogP contribution in [0.25, 0.3) is 0 Å². The van der Waals surface area contributed by atoms with Crippen molar-refractivity contribution in [3.8, 4) is 0 Å². The number of pyridine rings is 1. The van der Waals surface area contributed by atoms with Crippen LogP contribution >= 0.6 is 27.5 Å². The molecule has 2 N–H and O–H groups in total. The molecule has 0 spiro atoms. The van der Waals surface area contributed by atoms with Gasteiger partial charge in [0, 0.05) is 30.8 Å². The van der Waals surface area contributed by atoms with Gasteiger partial charge >= 0.3 is 0 Å².